The van der Waals surface area contributed by atoms with Gasteiger partial charge in [-0.2, -0.15) is 9.40 Å². The summed E-state index contributed by atoms with van der Waals surface area (Å²) in [6.45, 7) is 2.89. The number of rotatable bonds is 4. The highest BCUT2D eigenvalue weighted by molar-refractivity contribution is 7.89. The topological polar surface area (TPSA) is 97.2 Å². The number of likely N-dealkylation sites (N-methyl/N-ethyl adjacent to an activating group) is 1. The predicted octanol–water partition coefficient (Wildman–Crippen LogP) is 1.16. The molecule has 0 spiro atoms. The van der Waals surface area contributed by atoms with Crippen LogP contribution in [0.15, 0.2) is 35.5 Å². The summed E-state index contributed by atoms with van der Waals surface area (Å²) in [5.74, 6) is 1.01. The Bertz CT molecular complexity index is 1080. The normalized spacial score (nSPS) is 22.2. The summed E-state index contributed by atoms with van der Waals surface area (Å²) in [5, 5.41) is 4.40. The summed E-state index contributed by atoms with van der Waals surface area (Å²) in [6, 6.07) is 4.58. The van der Waals surface area contributed by atoms with Crippen LogP contribution in [0.3, 0.4) is 0 Å². The molecule has 2 amide bonds. The summed E-state index contributed by atoms with van der Waals surface area (Å²) < 4.78 is 40.5. The lowest BCUT2D eigenvalue weighted by Gasteiger charge is -2.21. The Labute approximate surface area is 174 Å². The molecule has 160 valence electrons. The van der Waals surface area contributed by atoms with E-state index in [-0.39, 0.29) is 17.0 Å². The van der Waals surface area contributed by atoms with Gasteiger partial charge in [0.25, 0.3) is 0 Å². The van der Waals surface area contributed by atoms with E-state index in [1.54, 1.807) is 39.9 Å². The number of carbonyl (C=O) groups excluding carboxylic acids is 1. The zero-order valence-electron chi connectivity index (χ0n) is 16.6. The number of nitrogens with zero attached hydrogens (tertiary/aromatic N) is 5. The molecule has 11 heteroatoms. The summed E-state index contributed by atoms with van der Waals surface area (Å²) in [4.78, 5) is 15.7. The summed E-state index contributed by atoms with van der Waals surface area (Å²) >= 11 is 0. The predicted molar refractivity (Wildman–Crippen MR) is 107 cm³/mol. The van der Waals surface area contributed by atoms with Crippen LogP contribution in [0.4, 0.5) is 10.5 Å². The van der Waals surface area contributed by atoms with E-state index in [1.165, 1.54) is 10.4 Å². The summed E-state index contributed by atoms with van der Waals surface area (Å²) in [6.07, 6.45) is 4.13. The van der Waals surface area contributed by atoms with E-state index in [4.69, 9.17) is 9.47 Å². The van der Waals surface area contributed by atoms with Crippen molar-refractivity contribution in [2.45, 2.75) is 17.4 Å². The van der Waals surface area contributed by atoms with Crippen molar-refractivity contribution in [2.75, 3.05) is 51.3 Å². The molecular weight excluding hydrogens is 410 g/mol. The Morgan fingerprint density at radius 2 is 1.90 bits per heavy atom. The number of ether oxygens (including phenoxy) is 2. The molecule has 10 nitrogen and oxygen atoms in total. The fraction of sp³-hybridized carbons (Fsp3) is 0.474. The lowest BCUT2D eigenvalue weighted by molar-refractivity contribution is 0.171. The molecule has 1 aromatic heterocycles. The van der Waals surface area contributed by atoms with Gasteiger partial charge >= 0.3 is 6.03 Å². The van der Waals surface area contributed by atoms with Gasteiger partial charge in [-0.1, -0.05) is 0 Å². The summed E-state index contributed by atoms with van der Waals surface area (Å²) in [5.41, 5.74) is 0.734. The molecule has 0 radical (unpaired) electrons. The third-order valence-corrected chi connectivity index (χ3v) is 7.63. The maximum absolute atomic E-state index is 13.1. The van der Waals surface area contributed by atoms with Crippen molar-refractivity contribution in [3.63, 3.8) is 0 Å². The molecule has 2 saturated heterocycles. The molecule has 0 N–H and O–H groups in total. The number of carbonyl (C=O) groups is 1. The Balaban J connectivity index is 1.32. The largest absolute Gasteiger partial charge is 0.486 e. The Morgan fingerprint density at radius 3 is 2.67 bits per heavy atom. The number of amides is 2. The van der Waals surface area contributed by atoms with Crippen molar-refractivity contribution >= 4 is 21.7 Å². The van der Waals surface area contributed by atoms with Crippen LogP contribution in [0.25, 0.3) is 0 Å². The first-order valence-corrected chi connectivity index (χ1v) is 11.3. The van der Waals surface area contributed by atoms with Gasteiger partial charge in [-0.25, -0.2) is 13.2 Å². The molecule has 2 fully saturated rings. The number of benzene rings is 1. The van der Waals surface area contributed by atoms with Crippen molar-refractivity contribution in [1.29, 1.82) is 0 Å². The fourth-order valence-corrected chi connectivity index (χ4v) is 5.54. The zero-order chi connectivity index (χ0) is 20.9. The maximum atomic E-state index is 13.1. The number of urea groups is 1. The minimum atomic E-state index is -3.65. The monoisotopic (exact) mass is 433 g/mol. The second-order valence-electron chi connectivity index (χ2n) is 7.65. The van der Waals surface area contributed by atoms with E-state index in [0.29, 0.717) is 57.3 Å². The van der Waals surface area contributed by atoms with Crippen molar-refractivity contribution < 1.29 is 22.7 Å². The number of sulfonamides is 1. The van der Waals surface area contributed by atoms with E-state index in [2.05, 4.69) is 5.10 Å². The Morgan fingerprint density at radius 1 is 1.10 bits per heavy atom. The van der Waals surface area contributed by atoms with Crippen LogP contribution in [-0.2, 0) is 10.0 Å². The number of anilines is 1. The smallest absolute Gasteiger partial charge is 0.324 e. The fourth-order valence-electron chi connectivity index (χ4n) is 4.03. The van der Waals surface area contributed by atoms with E-state index in [1.807, 2.05) is 6.20 Å². The first kappa shape index (κ1) is 19.2. The third-order valence-electron chi connectivity index (χ3n) is 5.77. The molecule has 1 atom stereocenters. The van der Waals surface area contributed by atoms with Gasteiger partial charge in [0.1, 0.15) is 13.2 Å². The number of aromatic nitrogens is 2. The molecule has 1 unspecified atom stereocenters. The van der Waals surface area contributed by atoms with Crippen LogP contribution in [0.5, 0.6) is 11.5 Å². The first-order chi connectivity index (χ1) is 14.4. The van der Waals surface area contributed by atoms with Crippen LogP contribution in [0, 0.1) is 0 Å². The van der Waals surface area contributed by atoms with Crippen LogP contribution in [-0.4, -0.2) is 79.9 Å². The molecule has 3 aliphatic heterocycles. The SMILES string of the molecule is CN1CCN(c2cnn(C3CCN(S(=O)(=O)c4ccc5c(c4)OCCO5)C3)c2)C1=O. The second kappa shape index (κ2) is 7.17. The molecule has 0 bridgehead atoms. The molecular formula is C19H23N5O5S. The quantitative estimate of drug-likeness (QED) is 0.718. The van der Waals surface area contributed by atoms with Gasteiger partial charge in [0.15, 0.2) is 11.5 Å². The molecule has 3 aliphatic rings. The van der Waals surface area contributed by atoms with E-state index in [0.717, 1.165) is 5.69 Å². The molecule has 4 heterocycles. The average molecular weight is 433 g/mol. The van der Waals surface area contributed by atoms with Crippen molar-refractivity contribution in [3.05, 3.63) is 30.6 Å². The minimum absolute atomic E-state index is 0.0521. The molecule has 2 aromatic rings. The van der Waals surface area contributed by atoms with Crippen LogP contribution in [0.1, 0.15) is 12.5 Å². The van der Waals surface area contributed by atoms with Crippen LogP contribution >= 0.6 is 0 Å². The van der Waals surface area contributed by atoms with E-state index in [9.17, 15) is 13.2 Å². The van der Waals surface area contributed by atoms with E-state index < -0.39 is 10.0 Å². The molecule has 0 aliphatic carbocycles. The lowest BCUT2D eigenvalue weighted by Crippen LogP contribution is -2.29. The van der Waals surface area contributed by atoms with Gasteiger partial charge < -0.3 is 14.4 Å². The molecule has 30 heavy (non-hydrogen) atoms. The van der Waals surface area contributed by atoms with Crippen LogP contribution < -0.4 is 14.4 Å². The third kappa shape index (κ3) is 3.18. The van der Waals surface area contributed by atoms with Gasteiger partial charge in [-0.15, -0.1) is 0 Å². The molecule has 5 rings (SSSR count). The highest BCUT2D eigenvalue weighted by atomic mass is 32.2. The summed E-state index contributed by atoms with van der Waals surface area (Å²) in [7, 11) is -1.88. The van der Waals surface area contributed by atoms with Crippen LogP contribution in [0.2, 0.25) is 0 Å². The van der Waals surface area contributed by atoms with Gasteiger partial charge in [0.05, 0.1) is 22.8 Å². The standard InChI is InChI=1S/C19H23N5O5S/c1-21-6-7-23(19(21)25)15-11-20-24(13-15)14-4-5-22(12-14)30(26,27)16-2-3-17-18(10-16)29-9-8-28-17/h2-3,10-11,13-14H,4-9,12H2,1H3. The lowest BCUT2D eigenvalue weighted by atomic mass is 10.3. The maximum Gasteiger partial charge on any atom is 0.324 e. The first-order valence-electron chi connectivity index (χ1n) is 9.90. The number of fused-ring (bicyclic) bond motifs is 1. The van der Waals surface area contributed by atoms with Crippen molar-refractivity contribution in [3.8, 4) is 11.5 Å². The van der Waals surface area contributed by atoms with Gasteiger partial charge in [0.2, 0.25) is 10.0 Å². The van der Waals surface area contributed by atoms with Gasteiger partial charge in [-0.3, -0.25) is 9.58 Å². The number of hydrogen-bond acceptors (Lipinski definition) is 6. The van der Waals surface area contributed by atoms with Crippen molar-refractivity contribution in [1.82, 2.24) is 19.0 Å². The Hall–Kier alpha value is -2.79. The molecule has 1 aromatic carbocycles. The highest BCUT2D eigenvalue weighted by Gasteiger charge is 2.35. The van der Waals surface area contributed by atoms with Gasteiger partial charge in [-0.05, 0) is 18.6 Å². The second-order valence-corrected chi connectivity index (χ2v) is 9.58. The van der Waals surface area contributed by atoms with Gasteiger partial charge in [0, 0.05) is 45.5 Å². The highest BCUT2D eigenvalue weighted by Crippen LogP contribution is 2.35. The minimum Gasteiger partial charge on any atom is -0.486 e. The van der Waals surface area contributed by atoms with E-state index >= 15 is 0 Å². The van der Waals surface area contributed by atoms with Crippen molar-refractivity contribution in [2.24, 2.45) is 0 Å². The zero-order valence-corrected chi connectivity index (χ0v) is 17.4. The number of hydrogen-bond donors (Lipinski definition) is 0. The molecule has 0 saturated carbocycles. The average Bonchev–Trinajstić information content (AvgIpc) is 3.49. The Kier molecular flexibility index (Phi) is 4.58.